The number of ketones is 1. The lowest BCUT2D eigenvalue weighted by Crippen LogP contribution is -2.03. The van der Waals surface area contributed by atoms with Gasteiger partial charge in [-0.2, -0.15) is 0 Å². The maximum atomic E-state index is 13.1. The number of benzene rings is 3. The molecule has 11 heteroatoms. The monoisotopic (exact) mass is 629 g/mol. The first kappa shape index (κ1) is 31.0. The quantitative estimate of drug-likeness (QED) is 0.0981. The Balaban J connectivity index is 1.95. The van der Waals surface area contributed by atoms with Crippen molar-refractivity contribution in [2.75, 3.05) is 55.1 Å². The number of phenols is 1. The first-order valence-corrected chi connectivity index (χ1v) is 12.9. The zero-order valence-corrected chi connectivity index (χ0v) is 25.4. The molecular weight excluding hydrogens is 598 g/mol. The highest BCUT2D eigenvalue weighted by Crippen LogP contribution is 2.45. The summed E-state index contributed by atoms with van der Waals surface area (Å²) in [6.45, 7) is 0. The molecule has 0 saturated carbocycles. The van der Waals surface area contributed by atoms with Gasteiger partial charge in [0, 0.05) is 35.2 Å². The Morgan fingerprint density at radius 1 is 0.707 bits per heavy atom. The van der Waals surface area contributed by atoms with Crippen LogP contribution in [0.15, 0.2) is 47.1 Å². The average Bonchev–Trinajstić information content (AvgIpc) is 2.99. The second-order valence-corrected chi connectivity index (χ2v) is 9.05. The molecule has 41 heavy (non-hydrogen) atoms. The fraction of sp³-hybridized carbons (Fsp3) is 0.233. The van der Waals surface area contributed by atoms with Gasteiger partial charge < -0.3 is 43.6 Å². The van der Waals surface area contributed by atoms with Crippen molar-refractivity contribution >= 4 is 39.6 Å². The van der Waals surface area contributed by atoms with Crippen LogP contribution in [-0.4, -0.2) is 60.7 Å². The van der Waals surface area contributed by atoms with Crippen molar-refractivity contribution < 1.29 is 43.1 Å². The molecule has 0 aliphatic heterocycles. The van der Waals surface area contributed by atoms with Crippen molar-refractivity contribution in [3.8, 4) is 46.0 Å². The van der Waals surface area contributed by atoms with Crippen LogP contribution in [0.25, 0.3) is 12.2 Å². The molecule has 3 aromatic rings. The Morgan fingerprint density at radius 2 is 1.27 bits per heavy atom. The number of carbonyl (C=O) groups excluding carboxylic acids is 1. The standard InChI is InChI=1S/C30H32BrNO9/c1-35-23-16-20(32-11-10-21(33)19-15-26(38-4)29(40-6)30(41-7)27(19)31)18(14-22(23)34)9-8-17-12-24(36-2)28(39-5)25(13-17)37-3/h8-16,32,34H,1-7H3. The smallest absolute Gasteiger partial charge is 0.204 e. The van der Waals surface area contributed by atoms with E-state index < -0.39 is 0 Å². The predicted octanol–water partition coefficient (Wildman–Crippen LogP) is 6.19. The van der Waals surface area contributed by atoms with Crippen LogP contribution in [0.5, 0.6) is 46.0 Å². The number of hydrogen-bond donors (Lipinski definition) is 2. The van der Waals surface area contributed by atoms with E-state index in [4.69, 9.17) is 33.2 Å². The molecule has 3 aromatic carbocycles. The average molecular weight is 630 g/mol. The van der Waals surface area contributed by atoms with Crippen LogP contribution in [0.3, 0.4) is 0 Å². The summed E-state index contributed by atoms with van der Waals surface area (Å²) in [5.74, 6) is 2.39. The van der Waals surface area contributed by atoms with E-state index in [1.54, 1.807) is 50.6 Å². The minimum Gasteiger partial charge on any atom is -0.504 e. The summed E-state index contributed by atoms with van der Waals surface area (Å²) in [7, 11) is 10.5. The summed E-state index contributed by atoms with van der Waals surface area (Å²) >= 11 is 3.43. The van der Waals surface area contributed by atoms with E-state index in [0.29, 0.717) is 55.8 Å². The second-order valence-electron chi connectivity index (χ2n) is 8.25. The number of anilines is 1. The van der Waals surface area contributed by atoms with Gasteiger partial charge >= 0.3 is 0 Å². The molecule has 0 radical (unpaired) electrons. The van der Waals surface area contributed by atoms with Crippen LogP contribution >= 0.6 is 15.9 Å². The van der Waals surface area contributed by atoms with Crippen molar-refractivity contribution in [3.63, 3.8) is 0 Å². The van der Waals surface area contributed by atoms with Gasteiger partial charge in [-0.3, -0.25) is 4.79 Å². The molecule has 0 unspecified atom stereocenters. The van der Waals surface area contributed by atoms with Gasteiger partial charge in [0.15, 0.2) is 40.3 Å². The molecule has 0 aliphatic carbocycles. The van der Waals surface area contributed by atoms with Crippen molar-refractivity contribution in [1.82, 2.24) is 0 Å². The molecule has 0 aromatic heterocycles. The summed E-state index contributed by atoms with van der Waals surface area (Å²) in [4.78, 5) is 13.1. The number of allylic oxidation sites excluding steroid dienone is 1. The lowest BCUT2D eigenvalue weighted by atomic mass is 10.1. The topological polar surface area (TPSA) is 114 Å². The number of methoxy groups -OCH3 is 7. The van der Waals surface area contributed by atoms with Crippen molar-refractivity contribution in [3.05, 3.63) is 63.8 Å². The molecule has 0 atom stereocenters. The molecule has 0 bridgehead atoms. The Labute approximate surface area is 247 Å². The summed E-state index contributed by atoms with van der Waals surface area (Å²) in [5.41, 5.74) is 2.25. The van der Waals surface area contributed by atoms with Crippen LogP contribution in [-0.2, 0) is 0 Å². The number of rotatable bonds is 13. The molecule has 10 nitrogen and oxygen atoms in total. The molecule has 0 saturated heterocycles. The highest BCUT2D eigenvalue weighted by Gasteiger charge is 2.22. The van der Waals surface area contributed by atoms with Gasteiger partial charge in [-0.05, 0) is 45.8 Å². The highest BCUT2D eigenvalue weighted by atomic mass is 79.9. The molecule has 0 fully saturated rings. The van der Waals surface area contributed by atoms with Gasteiger partial charge in [0.05, 0.1) is 54.2 Å². The predicted molar refractivity (Wildman–Crippen MR) is 161 cm³/mol. The third-order valence-electron chi connectivity index (χ3n) is 6.00. The Bertz CT molecular complexity index is 1440. The number of ether oxygens (including phenoxy) is 7. The van der Waals surface area contributed by atoms with Crippen molar-refractivity contribution in [2.24, 2.45) is 0 Å². The Kier molecular flexibility index (Phi) is 10.8. The minimum absolute atomic E-state index is 0.0519. The SMILES string of the molecule is COc1cc(NC=CC(=O)c2cc(OC)c(OC)c(OC)c2Br)c(C=Cc2cc(OC)c(OC)c(OC)c2)cc1O. The van der Waals surface area contributed by atoms with Gasteiger partial charge in [0.2, 0.25) is 11.5 Å². The highest BCUT2D eigenvalue weighted by molar-refractivity contribution is 9.10. The van der Waals surface area contributed by atoms with E-state index in [1.807, 2.05) is 6.08 Å². The molecule has 0 heterocycles. The maximum Gasteiger partial charge on any atom is 0.204 e. The molecule has 3 rings (SSSR count). The van der Waals surface area contributed by atoms with Gasteiger partial charge in [-0.15, -0.1) is 0 Å². The van der Waals surface area contributed by atoms with Crippen LogP contribution in [0.4, 0.5) is 5.69 Å². The number of hydrogen-bond acceptors (Lipinski definition) is 10. The van der Waals surface area contributed by atoms with Crippen LogP contribution in [0.1, 0.15) is 21.5 Å². The fourth-order valence-corrected chi connectivity index (χ4v) is 4.64. The normalized spacial score (nSPS) is 10.9. The van der Waals surface area contributed by atoms with Gasteiger partial charge in [0.25, 0.3) is 0 Å². The molecule has 0 spiro atoms. The third kappa shape index (κ3) is 6.80. The zero-order valence-electron chi connectivity index (χ0n) is 23.8. The molecule has 0 amide bonds. The number of halogens is 1. The van der Waals surface area contributed by atoms with E-state index in [2.05, 4.69) is 21.2 Å². The van der Waals surface area contributed by atoms with E-state index in [-0.39, 0.29) is 17.3 Å². The van der Waals surface area contributed by atoms with Gasteiger partial charge in [0.1, 0.15) is 0 Å². The zero-order chi connectivity index (χ0) is 30.1. The molecular formula is C30H32BrNO9. The lowest BCUT2D eigenvalue weighted by molar-refractivity contribution is 0.104. The van der Waals surface area contributed by atoms with Crippen LogP contribution in [0, 0.1) is 0 Å². The second kappa shape index (κ2) is 14.2. The number of nitrogens with one attached hydrogen (secondary N) is 1. The minimum atomic E-state index is -0.330. The molecule has 218 valence electrons. The summed E-state index contributed by atoms with van der Waals surface area (Å²) in [6, 6.07) is 8.31. The first-order valence-electron chi connectivity index (χ1n) is 12.1. The largest absolute Gasteiger partial charge is 0.504 e. The summed E-state index contributed by atoms with van der Waals surface area (Å²) in [5, 5.41) is 13.5. The van der Waals surface area contributed by atoms with Crippen molar-refractivity contribution in [2.45, 2.75) is 0 Å². The van der Waals surface area contributed by atoms with Crippen LogP contribution in [0.2, 0.25) is 0 Å². The maximum absolute atomic E-state index is 13.1. The molecule has 2 N–H and O–H groups in total. The number of carbonyl (C=O) groups is 1. The van der Waals surface area contributed by atoms with E-state index in [0.717, 1.165) is 5.56 Å². The Hall–Kier alpha value is -4.51. The molecule has 0 aliphatic rings. The van der Waals surface area contributed by atoms with E-state index in [9.17, 15) is 9.90 Å². The fourth-order valence-electron chi connectivity index (χ4n) is 3.99. The lowest BCUT2D eigenvalue weighted by Gasteiger charge is -2.15. The third-order valence-corrected chi connectivity index (χ3v) is 6.79. The number of aromatic hydroxyl groups is 1. The van der Waals surface area contributed by atoms with Gasteiger partial charge in [-0.25, -0.2) is 0 Å². The first-order chi connectivity index (χ1) is 19.8. The van der Waals surface area contributed by atoms with E-state index >= 15 is 0 Å². The van der Waals surface area contributed by atoms with Crippen LogP contribution < -0.4 is 38.5 Å². The van der Waals surface area contributed by atoms with Crippen molar-refractivity contribution in [1.29, 1.82) is 0 Å². The summed E-state index contributed by atoms with van der Waals surface area (Å²) < 4.78 is 38.1. The number of phenolic OH excluding ortho intramolecular Hbond substituents is 1. The Morgan fingerprint density at radius 3 is 1.80 bits per heavy atom. The van der Waals surface area contributed by atoms with Gasteiger partial charge in [-0.1, -0.05) is 12.2 Å². The summed E-state index contributed by atoms with van der Waals surface area (Å²) in [6.07, 6.45) is 6.45. The van der Waals surface area contributed by atoms with E-state index in [1.165, 1.54) is 47.8 Å².